The van der Waals surface area contributed by atoms with Gasteiger partial charge in [0.15, 0.2) is 0 Å². The van der Waals surface area contributed by atoms with Crippen LogP contribution < -0.4 is 31.5 Å². The van der Waals surface area contributed by atoms with E-state index in [2.05, 4.69) is 244 Å². The monoisotopic (exact) mass is 1300 g/mol. The van der Waals surface area contributed by atoms with Crippen molar-refractivity contribution < 1.29 is 23.9 Å². The van der Waals surface area contributed by atoms with E-state index in [9.17, 15) is 19.2 Å². The third-order valence-corrected chi connectivity index (χ3v) is 17.9. The summed E-state index contributed by atoms with van der Waals surface area (Å²) in [6.07, 6.45) is 11.8. The molecule has 1 saturated heterocycles. The number of aromatic nitrogens is 4. The van der Waals surface area contributed by atoms with E-state index in [0.717, 1.165) is 108 Å². The fraction of sp³-hybridized carbons (Fsp3) is 0.268. The Bertz CT molecular complexity index is 4600. The van der Waals surface area contributed by atoms with Crippen LogP contribution in [0.2, 0.25) is 0 Å². The molecule has 1 fully saturated rings. The second-order valence-corrected chi connectivity index (χ2v) is 25.7. The number of nitrogens with zero attached hydrogens (tertiary/aromatic N) is 5. The SMILES string of the molecule is CC(=O)N(C)c1ccc2c(ccn2Cc2ccc(C(C)C)cc2)c1.CCCc1ccc(Cn2ccc3cc(NC(C)=O)ccc32)cc1.CNC(=O)Nc1ccc2c(ccn2Cc2ccc(C(C)C)cc2)c1.CNC(=O)Nc1ccc2c(ccn2Cc2ccc(C3CCOC3)cc2)c1. The van der Waals surface area contributed by atoms with Crippen molar-refractivity contribution in [3.05, 3.63) is 263 Å². The highest BCUT2D eigenvalue weighted by Gasteiger charge is 2.18. The molecule has 5 N–H and O–H groups in total. The predicted molar refractivity (Wildman–Crippen MR) is 400 cm³/mol. The van der Waals surface area contributed by atoms with Crippen molar-refractivity contribution >= 4 is 90.2 Å². The van der Waals surface area contributed by atoms with E-state index in [1.165, 1.54) is 68.9 Å². The zero-order valence-corrected chi connectivity index (χ0v) is 57.7. The summed E-state index contributed by atoms with van der Waals surface area (Å²) in [5.41, 5.74) is 18.7. The lowest BCUT2D eigenvalue weighted by Gasteiger charge is -2.15. The van der Waals surface area contributed by atoms with Gasteiger partial charge >= 0.3 is 12.1 Å². The van der Waals surface area contributed by atoms with Gasteiger partial charge in [-0.25, -0.2) is 9.59 Å². The average molecular weight is 1300 g/mol. The highest BCUT2D eigenvalue weighted by atomic mass is 16.5. The lowest BCUT2D eigenvalue weighted by Crippen LogP contribution is -2.24. The number of rotatable bonds is 17. The molecule has 97 heavy (non-hydrogen) atoms. The van der Waals surface area contributed by atoms with Gasteiger partial charge in [0.2, 0.25) is 11.8 Å². The van der Waals surface area contributed by atoms with Crippen LogP contribution in [-0.4, -0.2) is 76.5 Å². The number of amides is 6. The number of carbonyl (C=O) groups excluding carboxylic acids is 4. The van der Waals surface area contributed by atoms with Crippen molar-refractivity contribution in [3.63, 3.8) is 0 Å². The molecule has 15 nitrogen and oxygen atoms in total. The Kier molecular flexibility index (Phi) is 23.3. The molecule has 0 radical (unpaired) electrons. The highest BCUT2D eigenvalue weighted by Crippen LogP contribution is 2.29. The molecule has 1 atom stereocenters. The topological polar surface area (TPSA) is 161 Å². The third kappa shape index (κ3) is 18.4. The summed E-state index contributed by atoms with van der Waals surface area (Å²) in [4.78, 5) is 47.2. The van der Waals surface area contributed by atoms with Crippen LogP contribution in [0.3, 0.4) is 0 Å². The maximum atomic E-state index is 11.5. The van der Waals surface area contributed by atoms with E-state index in [1.807, 2.05) is 54.6 Å². The van der Waals surface area contributed by atoms with Crippen LogP contribution in [0.5, 0.6) is 0 Å². The molecule has 1 aliphatic heterocycles. The van der Waals surface area contributed by atoms with Crippen LogP contribution in [0.4, 0.5) is 32.3 Å². The first-order valence-electron chi connectivity index (χ1n) is 33.7. The molecule has 15 heteroatoms. The van der Waals surface area contributed by atoms with Crippen LogP contribution in [0, 0.1) is 0 Å². The molecule has 13 rings (SSSR count). The predicted octanol–water partition coefficient (Wildman–Crippen LogP) is 17.9. The van der Waals surface area contributed by atoms with Crippen molar-refractivity contribution in [2.45, 2.75) is 112 Å². The van der Waals surface area contributed by atoms with Crippen LogP contribution in [0.15, 0.2) is 219 Å². The smallest absolute Gasteiger partial charge is 0.318 e. The maximum Gasteiger partial charge on any atom is 0.318 e. The molecule has 0 spiro atoms. The molecular weight excluding hydrogens is 1200 g/mol. The van der Waals surface area contributed by atoms with Crippen LogP contribution in [-0.2, 0) is 46.9 Å². The number of ether oxygens (including phenoxy) is 1. The normalized spacial score (nSPS) is 12.6. The number of hydrogen-bond donors (Lipinski definition) is 5. The molecule has 0 saturated carbocycles. The minimum Gasteiger partial charge on any atom is -0.381 e. The molecule has 0 bridgehead atoms. The summed E-state index contributed by atoms with van der Waals surface area (Å²) in [5.74, 6) is 1.65. The van der Waals surface area contributed by atoms with Gasteiger partial charge in [-0.15, -0.1) is 0 Å². The molecular formula is C82H92N10O5. The van der Waals surface area contributed by atoms with Gasteiger partial charge in [0.25, 0.3) is 0 Å². The highest BCUT2D eigenvalue weighted by molar-refractivity contribution is 5.96. The Morgan fingerprint density at radius 1 is 0.464 bits per heavy atom. The second-order valence-electron chi connectivity index (χ2n) is 25.7. The molecule has 0 aliphatic carbocycles. The molecule has 500 valence electrons. The van der Waals surface area contributed by atoms with Crippen molar-refractivity contribution in [2.75, 3.05) is 55.2 Å². The number of nitrogens with one attached hydrogen (secondary N) is 5. The van der Waals surface area contributed by atoms with E-state index < -0.39 is 0 Å². The van der Waals surface area contributed by atoms with E-state index in [4.69, 9.17) is 4.74 Å². The summed E-state index contributed by atoms with van der Waals surface area (Å²) in [5, 5.41) is 18.1. The van der Waals surface area contributed by atoms with Gasteiger partial charge < -0.3 is 54.5 Å². The standard InChI is InChI=1S/C21H23N3O2.C21H24N2O.C20H23N3O.C20H22N2O/c1-22-21(25)23-19-6-7-20-17(12-19)8-10-24(20)13-15-2-4-16(5-3-15)18-9-11-26-14-18;1-15(2)18-7-5-17(6-8-18)14-23-12-11-19-13-20(9-10-21(19)23)22(4)16(3)24;1-14(2)16-6-4-15(5-7-16)13-23-11-10-17-12-18(8-9-19(17)23)22-20(24)21-3;1-3-4-16-5-7-17(8-6-16)14-22-12-11-18-13-19(21-15(2)23)9-10-20(18)22/h2-8,10,12,18H,9,11,13-14H2,1H3,(H2,22,23,25);5-13,15H,14H2,1-4H3;4-12,14H,13H2,1-3H3,(H2,21,22,24);5-13H,3-4,14H2,1-2H3,(H,21,23). The van der Waals surface area contributed by atoms with Gasteiger partial charge in [-0.1, -0.05) is 138 Å². The van der Waals surface area contributed by atoms with Crippen molar-refractivity contribution in [1.82, 2.24) is 28.9 Å². The van der Waals surface area contributed by atoms with Gasteiger partial charge in [-0.05, 0) is 166 Å². The minimum absolute atomic E-state index is 0.0408. The fourth-order valence-electron chi connectivity index (χ4n) is 12.1. The quantitative estimate of drug-likeness (QED) is 0.0613. The van der Waals surface area contributed by atoms with Crippen molar-refractivity contribution in [3.8, 4) is 0 Å². The Labute approximate surface area is 570 Å². The summed E-state index contributed by atoms with van der Waals surface area (Å²) in [6, 6.07) is 67.4. The molecule has 4 aromatic heterocycles. The van der Waals surface area contributed by atoms with Gasteiger partial charge in [-0.2, -0.15) is 0 Å². The van der Waals surface area contributed by atoms with E-state index in [-0.39, 0.29) is 23.9 Å². The number of aryl methyl sites for hydroxylation is 1. The summed E-state index contributed by atoms with van der Waals surface area (Å²) >= 11 is 0. The van der Waals surface area contributed by atoms with Gasteiger partial charge in [-0.3, -0.25) is 9.59 Å². The van der Waals surface area contributed by atoms with Crippen LogP contribution in [0.1, 0.15) is 124 Å². The third-order valence-electron chi connectivity index (χ3n) is 17.9. The Morgan fingerprint density at radius 2 is 0.825 bits per heavy atom. The number of fused-ring (bicyclic) bond motifs is 4. The Balaban J connectivity index is 0.000000141. The first-order valence-corrected chi connectivity index (χ1v) is 33.7. The number of urea groups is 2. The molecule has 6 amide bonds. The summed E-state index contributed by atoms with van der Waals surface area (Å²) in [6.45, 7) is 19.2. The Morgan fingerprint density at radius 3 is 1.18 bits per heavy atom. The molecule has 8 aromatic carbocycles. The second kappa shape index (κ2) is 32.7. The zero-order chi connectivity index (χ0) is 68.5. The number of benzene rings is 8. The number of hydrogen-bond acceptors (Lipinski definition) is 5. The van der Waals surface area contributed by atoms with Crippen molar-refractivity contribution in [1.29, 1.82) is 0 Å². The molecule has 12 aromatic rings. The van der Waals surface area contributed by atoms with Crippen LogP contribution >= 0.6 is 0 Å². The van der Waals surface area contributed by atoms with E-state index >= 15 is 0 Å². The van der Waals surface area contributed by atoms with E-state index in [0.29, 0.717) is 17.8 Å². The summed E-state index contributed by atoms with van der Waals surface area (Å²) in [7, 11) is 5.01. The fourth-order valence-corrected chi connectivity index (χ4v) is 12.1. The maximum absolute atomic E-state index is 11.5. The first-order chi connectivity index (χ1) is 46.9. The first kappa shape index (κ1) is 69.2. The van der Waals surface area contributed by atoms with Gasteiger partial charge in [0, 0.05) is 165 Å². The van der Waals surface area contributed by atoms with Crippen molar-refractivity contribution in [2.24, 2.45) is 0 Å². The lowest BCUT2D eigenvalue weighted by atomic mass is 9.97. The van der Waals surface area contributed by atoms with Crippen LogP contribution in [0.25, 0.3) is 43.6 Å². The number of anilines is 4. The summed E-state index contributed by atoms with van der Waals surface area (Å²) < 4.78 is 14.4. The number of carbonyl (C=O) groups is 4. The van der Waals surface area contributed by atoms with E-state index in [1.54, 1.807) is 33.0 Å². The molecule has 1 aliphatic rings. The largest absolute Gasteiger partial charge is 0.381 e. The van der Waals surface area contributed by atoms with Gasteiger partial charge in [0.1, 0.15) is 0 Å². The minimum atomic E-state index is -0.212. The van der Waals surface area contributed by atoms with Gasteiger partial charge in [0.05, 0.1) is 6.61 Å². The zero-order valence-electron chi connectivity index (χ0n) is 57.7. The Hall–Kier alpha value is -10.6. The molecule has 5 heterocycles. The molecule has 1 unspecified atom stereocenters. The average Bonchev–Trinajstić information content (AvgIpc) is 1.72. The lowest BCUT2D eigenvalue weighted by molar-refractivity contribution is -0.116.